The number of hydrogen-bond acceptors (Lipinski definition) is 4. The standard InChI is InChI=1S/C8H11F3N4O/c1-2-15-5(14-6(12)7(15)13)3-4(16)8(9,10)11/h3,16H,2,12-13H2,1H3. The molecule has 0 unspecified atom stereocenters. The van der Waals surface area contributed by atoms with Crippen molar-refractivity contribution in [3.05, 3.63) is 11.6 Å². The van der Waals surface area contributed by atoms with Crippen molar-refractivity contribution in [2.75, 3.05) is 11.5 Å². The average Bonchev–Trinajstić information content (AvgIpc) is 2.41. The van der Waals surface area contributed by atoms with Crippen LogP contribution in [0.15, 0.2) is 5.76 Å². The van der Waals surface area contributed by atoms with Gasteiger partial charge in [-0.25, -0.2) is 4.98 Å². The number of nitrogens with two attached hydrogens (primary N) is 2. The van der Waals surface area contributed by atoms with Gasteiger partial charge in [0.2, 0.25) is 5.76 Å². The van der Waals surface area contributed by atoms with Crippen LogP contribution in [0.5, 0.6) is 0 Å². The van der Waals surface area contributed by atoms with E-state index in [1.165, 1.54) is 4.57 Å². The van der Waals surface area contributed by atoms with E-state index in [0.717, 1.165) is 0 Å². The van der Waals surface area contributed by atoms with Gasteiger partial charge in [0, 0.05) is 12.6 Å². The average molecular weight is 236 g/mol. The maximum absolute atomic E-state index is 12.1. The summed E-state index contributed by atoms with van der Waals surface area (Å²) in [5, 5.41) is 8.76. The number of nitrogen functional groups attached to an aromatic ring is 2. The molecule has 5 nitrogen and oxygen atoms in total. The summed E-state index contributed by atoms with van der Waals surface area (Å²) in [5.41, 5.74) is 10.8. The fraction of sp³-hybridized carbons (Fsp3) is 0.375. The van der Waals surface area contributed by atoms with Crippen LogP contribution in [0.25, 0.3) is 6.08 Å². The van der Waals surface area contributed by atoms with Crippen molar-refractivity contribution < 1.29 is 18.3 Å². The van der Waals surface area contributed by atoms with E-state index in [4.69, 9.17) is 16.6 Å². The molecule has 90 valence electrons. The second kappa shape index (κ2) is 3.95. The molecular weight excluding hydrogens is 225 g/mol. The van der Waals surface area contributed by atoms with E-state index < -0.39 is 11.9 Å². The maximum Gasteiger partial charge on any atom is 0.448 e. The molecule has 0 aliphatic rings. The van der Waals surface area contributed by atoms with Crippen LogP contribution in [-0.2, 0) is 6.54 Å². The molecule has 1 rings (SSSR count). The Hall–Kier alpha value is -1.86. The first-order valence-electron chi connectivity index (χ1n) is 4.36. The topological polar surface area (TPSA) is 90.1 Å². The number of nitrogens with zero attached hydrogens (tertiary/aromatic N) is 2. The lowest BCUT2D eigenvalue weighted by molar-refractivity contribution is -0.119. The summed E-state index contributed by atoms with van der Waals surface area (Å²) >= 11 is 0. The lowest BCUT2D eigenvalue weighted by Gasteiger charge is -2.06. The second-order valence-corrected chi connectivity index (χ2v) is 3.01. The summed E-state index contributed by atoms with van der Waals surface area (Å²) < 4.78 is 37.4. The van der Waals surface area contributed by atoms with Crippen LogP contribution in [0, 0.1) is 0 Å². The van der Waals surface area contributed by atoms with Gasteiger partial charge in [0.25, 0.3) is 0 Å². The van der Waals surface area contributed by atoms with Crippen molar-refractivity contribution in [1.29, 1.82) is 0 Å². The summed E-state index contributed by atoms with van der Waals surface area (Å²) in [6.07, 6.45) is -4.33. The van der Waals surface area contributed by atoms with Gasteiger partial charge in [-0.3, -0.25) is 0 Å². The molecular formula is C8H11F3N4O. The third-order valence-electron chi connectivity index (χ3n) is 1.94. The van der Waals surface area contributed by atoms with Crippen LogP contribution in [0.3, 0.4) is 0 Å². The SMILES string of the molecule is CCn1c(C=C(O)C(F)(F)F)nc(N)c1N. The molecule has 0 radical (unpaired) electrons. The van der Waals surface area contributed by atoms with Crippen LogP contribution in [0.1, 0.15) is 12.7 Å². The minimum atomic E-state index is -4.81. The predicted octanol–water partition coefficient (Wildman–Crippen LogP) is 1.53. The number of anilines is 2. The Bertz CT molecular complexity index is 422. The number of halogens is 3. The summed E-state index contributed by atoms with van der Waals surface area (Å²) in [5.74, 6) is -1.87. The van der Waals surface area contributed by atoms with Crippen molar-refractivity contribution in [3.63, 3.8) is 0 Å². The molecule has 0 atom stereocenters. The third kappa shape index (κ3) is 2.20. The normalized spacial score (nSPS) is 13.1. The molecule has 0 amide bonds. The highest BCUT2D eigenvalue weighted by atomic mass is 19.4. The van der Waals surface area contributed by atoms with Gasteiger partial charge in [-0.15, -0.1) is 0 Å². The Balaban J connectivity index is 3.20. The van der Waals surface area contributed by atoms with Crippen molar-refractivity contribution in [1.82, 2.24) is 9.55 Å². The zero-order valence-electron chi connectivity index (χ0n) is 8.41. The summed E-state index contributed by atoms with van der Waals surface area (Å²) in [6.45, 7) is 1.96. The first kappa shape index (κ1) is 12.2. The first-order valence-corrected chi connectivity index (χ1v) is 4.36. The van der Waals surface area contributed by atoms with Gasteiger partial charge in [-0.05, 0) is 6.92 Å². The fourth-order valence-electron chi connectivity index (χ4n) is 1.15. The minimum Gasteiger partial charge on any atom is -0.504 e. The van der Waals surface area contributed by atoms with E-state index in [-0.39, 0.29) is 17.5 Å². The lowest BCUT2D eigenvalue weighted by Crippen LogP contribution is -2.12. The molecule has 0 fully saturated rings. The summed E-state index contributed by atoms with van der Waals surface area (Å²) in [6, 6.07) is 0. The zero-order valence-corrected chi connectivity index (χ0v) is 8.41. The molecule has 16 heavy (non-hydrogen) atoms. The van der Waals surface area contributed by atoms with Crippen molar-refractivity contribution in [3.8, 4) is 0 Å². The molecule has 1 aromatic rings. The molecule has 0 aromatic carbocycles. The van der Waals surface area contributed by atoms with Crippen molar-refractivity contribution in [2.24, 2.45) is 0 Å². The third-order valence-corrected chi connectivity index (χ3v) is 1.94. The van der Waals surface area contributed by atoms with E-state index >= 15 is 0 Å². The number of allylic oxidation sites excluding steroid dienone is 1. The Labute approximate surface area is 89.2 Å². The number of aliphatic hydroxyl groups is 1. The largest absolute Gasteiger partial charge is 0.504 e. The monoisotopic (exact) mass is 236 g/mol. The first-order chi connectivity index (χ1) is 7.27. The molecule has 0 spiro atoms. The highest BCUT2D eigenvalue weighted by Crippen LogP contribution is 2.26. The molecule has 0 saturated heterocycles. The highest BCUT2D eigenvalue weighted by molar-refractivity contribution is 5.60. The van der Waals surface area contributed by atoms with Gasteiger partial charge in [0.05, 0.1) is 0 Å². The van der Waals surface area contributed by atoms with Gasteiger partial charge in [0.15, 0.2) is 5.82 Å². The smallest absolute Gasteiger partial charge is 0.448 e. The zero-order chi connectivity index (χ0) is 12.5. The fourth-order valence-corrected chi connectivity index (χ4v) is 1.15. The highest BCUT2D eigenvalue weighted by Gasteiger charge is 2.34. The lowest BCUT2D eigenvalue weighted by atomic mass is 10.4. The van der Waals surface area contributed by atoms with Gasteiger partial charge >= 0.3 is 6.18 Å². The number of alkyl halides is 3. The van der Waals surface area contributed by atoms with Crippen LogP contribution in [-0.4, -0.2) is 20.8 Å². The van der Waals surface area contributed by atoms with E-state index in [1.54, 1.807) is 6.92 Å². The maximum atomic E-state index is 12.1. The van der Waals surface area contributed by atoms with Crippen LogP contribution >= 0.6 is 0 Å². The Morgan fingerprint density at radius 2 is 2.06 bits per heavy atom. The number of hydrogen-bond donors (Lipinski definition) is 3. The van der Waals surface area contributed by atoms with Gasteiger partial charge in [-0.1, -0.05) is 0 Å². The summed E-state index contributed by atoms with van der Waals surface area (Å²) in [4.78, 5) is 3.61. The van der Waals surface area contributed by atoms with Gasteiger partial charge in [0.1, 0.15) is 11.6 Å². The number of rotatable bonds is 2. The molecule has 8 heteroatoms. The number of aromatic nitrogens is 2. The van der Waals surface area contributed by atoms with Crippen LogP contribution in [0.4, 0.5) is 24.8 Å². The predicted molar refractivity (Wildman–Crippen MR) is 53.4 cm³/mol. The van der Waals surface area contributed by atoms with E-state index in [2.05, 4.69) is 4.98 Å². The molecule has 1 aromatic heterocycles. The Kier molecular flexibility index (Phi) is 3.02. The Morgan fingerprint density at radius 1 is 1.50 bits per heavy atom. The molecule has 1 heterocycles. The number of imidazole rings is 1. The molecule has 0 bridgehead atoms. The van der Waals surface area contributed by atoms with Crippen LogP contribution < -0.4 is 11.5 Å². The molecule has 5 N–H and O–H groups in total. The van der Waals surface area contributed by atoms with E-state index in [9.17, 15) is 13.2 Å². The molecule has 0 saturated carbocycles. The minimum absolute atomic E-state index is 0.0666. The Morgan fingerprint density at radius 3 is 2.50 bits per heavy atom. The quantitative estimate of drug-likeness (QED) is 0.679. The van der Waals surface area contributed by atoms with Crippen LogP contribution in [0.2, 0.25) is 0 Å². The van der Waals surface area contributed by atoms with Gasteiger partial charge in [-0.2, -0.15) is 13.2 Å². The molecule has 0 aliphatic carbocycles. The second-order valence-electron chi connectivity index (χ2n) is 3.01. The van der Waals surface area contributed by atoms with Crippen molar-refractivity contribution >= 4 is 17.7 Å². The van der Waals surface area contributed by atoms with E-state index in [1.807, 2.05) is 0 Å². The van der Waals surface area contributed by atoms with E-state index in [0.29, 0.717) is 12.6 Å². The number of aliphatic hydroxyl groups excluding tert-OH is 1. The van der Waals surface area contributed by atoms with Gasteiger partial charge < -0.3 is 21.1 Å². The van der Waals surface area contributed by atoms with Crippen molar-refractivity contribution in [2.45, 2.75) is 19.6 Å². The summed E-state index contributed by atoms with van der Waals surface area (Å²) in [7, 11) is 0. The molecule has 0 aliphatic heterocycles.